The molecule has 0 N–H and O–H groups in total. The van der Waals surface area contributed by atoms with Gasteiger partial charge in [-0.3, -0.25) is 4.99 Å². The lowest BCUT2D eigenvalue weighted by Crippen LogP contribution is -1.99. The lowest BCUT2D eigenvalue weighted by Gasteiger charge is -1.95. The van der Waals surface area contributed by atoms with E-state index < -0.39 is 0 Å². The molecule has 0 spiro atoms. The van der Waals surface area contributed by atoms with Gasteiger partial charge in [0.15, 0.2) is 0 Å². The molecule has 0 fully saturated rings. The summed E-state index contributed by atoms with van der Waals surface area (Å²) < 4.78 is 0. The van der Waals surface area contributed by atoms with Crippen LogP contribution >= 0.6 is 11.8 Å². The Labute approximate surface area is 54.6 Å². The fourth-order valence-electron chi connectivity index (χ4n) is 0.758. The maximum atomic E-state index is 4.39. The van der Waals surface area contributed by atoms with E-state index in [1.54, 1.807) is 0 Å². The zero-order valence-electron chi connectivity index (χ0n) is 5.35. The zero-order valence-corrected chi connectivity index (χ0v) is 6.16. The highest BCUT2D eigenvalue weighted by molar-refractivity contribution is 8.14. The lowest BCUT2D eigenvalue weighted by molar-refractivity contribution is 0.738. The number of aliphatic imine (C=N–C) groups is 1. The van der Waals surface area contributed by atoms with Gasteiger partial charge in [-0.15, -0.1) is 11.8 Å². The van der Waals surface area contributed by atoms with Crippen molar-refractivity contribution in [1.29, 1.82) is 0 Å². The first-order valence-corrected chi connectivity index (χ1v) is 3.98. The van der Waals surface area contributed by atoms with Crippen molar-refractivity contribution in [2.75, 3.05) is 5.75 Å². The molecule has 0 saturated carbocycles. The Hall–Kier alpha value is 0.0200. The molecule has 1 nitrogen and oxygen atoms in total. The van der Waals surface area contributed by atoms with E-state index in [0.717, 1.165) is 0 Å². The number of rotatable bonds is 1. The SMILES string of the molecule is CCC1CSC(C)=N1. The third kappa shape index (κ3) is 1.25. The van der Waals surface area contributed by atoms with Crippen molar-refractivity contribution in [3.63, 3.8) is 0 Å². The van der Waals surface area contributed by atoms with E-state index in [-0.39, 0.29) is 0 Å². The molecule has 1 unspecified atom stereocenters. The first-order chi connectivity index (χ1) is 3.83. The molecule has 1 heterocycles. The van der Waals surface area contributed by atoms with E-state index in [1.807, 2.05) is 11.8 Å². The minimum absolute atomic E-state index is 0.625. The van der Waals surface area contributed by atoms with Crippen molar-refractivity contribution < 1.29 is 0 Å². The summed E-state index contributed by atoms with van der Waals surface area (Å²) in [7, 11) is 0. The monoisotopic (exact) mass is 129 g/mol. The summed E-state index contributed by atoms with van der Waals surface area (Å²) in [5.74, 6) is 1.21. The number of nitrogens with zero attached hydrogens (tertiary/aromatic N) is 1. The number of hydrogen-bond acceptors (Lipinski definition) is 2. The first kappa shape index (κ1) is 6.14. The van der Waals surface area contributed by atoms with Gasteiger partial charge in [0, 0.05) is 5.75 Å². The van der Waals surface area contributed by atoms with Crippen LogP contribution < -0.4 is 0 Å². The summed E-state index contributed by atoms with van der Waals surface area (Å²) in [5, 5.41) is 1.26. The standard InChI is InChI=1S/C6H11NS/c1-3-6-4-8-5(2)7-6/h6H,3-4H2,1-2H3. The molecule has 0 aliphatic carbocycles. The highest BCUT2D eigenvalue weighted by Crippen LogP contribution is 2.18. The third-order valence-corrected chi connectivity index (χ3v) is 2.39. The lowest BCUT2D eigenvalue weighted by atomic mass is 10.3. The summed E-state index contributed by atoms with van der Waals surface area (Å²) >= 11 is 1.88. The number of hydrogen-bond donors (Lipinski definition) is 0. The average Bonchev–Trinajstić information content (AvgIpc) is 2.14. The number of thioether (sulfide) groups is 1. The topological polar surface area (TPSA) is 12.4 Å². The molecule has 1 atom stereocenters. The molecule has 0 saturated heterocycles. The quantitative estimate of drug-likeness (QED) is 0.527. The van der Waals surface area contributed by atoms with Crippen molar-refractivity contribution in [2.24, 2.45) is 4.99 Å². The molecule has 1 aliphatic heterocycles. The van der Waals surface area contributed by atoms with Crippen LogP contribution in [0.15, 0.2) is 4.99 Å². The predicted molar refractivity (Wildman–Crippen MR) is 39.6 cm³/mol. The molecule has 46 valence electrons. The Morgan fingerprint density at radius 1 is 1.88 bits per heavy atom. The fourth-order valence-corrected chi connectivity index (χ4v) is 1.73. The van der Waals surface area contributed by atoms with Gasteiger partial charge >= 0.3 is 0 Å². The molecule has 0 aromatic carbocycles. The summed E-state index contributed by atoms with van der Waals surface area (Å²) in [6.45, 7) is 4.27. The van der Waals surface area contributed by atoms with Crippen LogP contribution in [0, 0.1) is 0 Å². The van der Waals surface area contributed by atoms with E-state index in [2.05, 4.69) is 18.8 Å². The average molecular weight is 129 g/mol. The van der Waals surface area contributed by atoms with Gasteiger partial charge in [-0.2, -0.15) is 0 Å². The highest BCUT2D eigenvalue weighted by atomic mass is 32.2. The summed E-state index contributed by atoms with van der Waals surface area (Å²) in [6.07, 6.45) is 1.20. The highest BCUT2D eigenvalue weighted by Gasteiger charge is 2.11. The molecule has 0 amide bonds. The Morgan fingerprint density at radius 2 is 2.62 bits per heavy atom. The second-order valence-corrected chi connectivity index (χ2v) is 3.23. The van der Waals surface area contributed by atoms with Crippen molar-refractivity contribution in [1.82, 2.24) is 0 Å². The van der Waals surface area contributed by atoms with Gasteiger partial charge in [0.2, 0.25) is 0 Å². The van der Waals surface area contributed by atoms with Gasteiger partial charge in [-0.25, -0.2) is 0 Å². The first-order valence-electron chi connectivity index (χ1n) is 3.00. The zero-order chi connectivity index (χ0) is 5.98. The second kappa shape index (κ2) is 2.53. The van der Waals surface area contributed by atoms with Crippen molar-refractivity contribution in [2.45, 2.75) is 26.3 Å². The predicted octanol–water partition coefficient (Wildman–Crippen LogP) is 1.93. The van der Waals surface area contributed by atoms with E-state index >= 15 is 0 Å². The van der Waals surface area contributed by atoms with E-state index in [4.69, 9.17) is 0 Å². The van der Waals surface area contributed by atoms with Crippen LogP contribution in [0.25, 0.3) is 0 Å². The second-order valence-electron chi connectivity index (χ2n) is 2.02. The van der Waals surface area contributed by atoms with Crippen LogP contribution in [0.2, 0.25) is 0 Å². The Balaban J connectivity index is 2.41. The Bertz CT molecular complexity index is 109. The summed E-state index contributed by atoms with van der Waals surface area (Å²) in [5.41, 5.74) is 0. The molecule has 2 heteroatoms. The maximum Gasteiger partial charge on any atom is 0.0649 e. The van der Waals surface area contributed by atoms with Gasteiger partial charge in [0.05, 0.1) is 11.1 Å². The molecule has 8 heavy (non-hydrogen) atoms. The third-order valence-electron chi connectivity index (χ3n) is 1.32. The largest absolute Gasteiger partial charge is 0.279 e. The molecule has 1 aliphatic rings. The van der Waals surface area contributed by atoms with Gasteiger partial charge in [-0.1, -0.05) is 6.92 Å². The van der Waals surface area contributed by atoms with E-state index in [9.17, 15) is 0 Å². The van der Waals surface area contributed by atoms with Crippen LogP contribution in [-0.4, -0.2) is 16.8 Å². The Morgan fingerprint density at radius 3 is 2.88 bits per heavy atom. The minimum Gasteiger partial charge on any atom is -0.279 e. The van der Waals surface area contributed by atoms with Crippen LogP contribution in [0.4, 0.5) is 0 Å². The molecular formula is C6H11NS. The fraction of sp³-hybridized carbons (Fsp3) is 0.833. The normalized spacial score (nSPS) is 28.2. The van der Waals surface area contributed by atoms with Gasteiger partial charge in [0.25, 0.3) is 0 Å². The van der Waals surface area contributed by atoms with Gasteiger partial charge in [-0.05, 0) is 13.3 Å². The van der Waals surface area contributed by atoms with Crippen LogP contribution in [0.3, 0.4) is 0 Å². The van der Waals surface area contributed by atoms with Crippen molar-refractivity contribution >= 4 is 16.8 Å². The van der Waals surface area contributed by atoms with Gasteiger partial charge in [0.1, 0.15) is 0 Å². The van der Waals surface area contributed by atoms with Crippen LogP contribution in [0.5, 0.6) is 0 Å². The summed E-state index contributed by atoms with van der Waals surface area (Å²) in [4.78, 5) is 4.39. The van der Waals surface area contributed by atoms with E-state index in [0.29, 0.717) is 6.04 Å². The minimum atomic E-state index is 0.625. The molecule has 1 rings (SSSR count). The summed E-state index contributed by atoms with van der Waals surface area (Å²) in [6, 6.07) is 0.625. The van der Waals surface area contributed by atoms with Crippen LogP contribution in [0.1, 0.15) is 20.3 Å². The molecule has 0 aromatic heterocycles. The van der Waals surface area contributed by atoms with Gasteiger partial charge < -0.3 is 0 Å². The molecule has 0 bridgehead atoms. The van der Waals surface area contributed by atoms with Crippen LogP contribution in [-0.2, 0) is 0 Å². The maximum absolute atomic E-state index is 4.39. The smallest absolute Gasteiger partial charge is 0.0649 e. The van der Waals surface area contributed by atoms with Crippen molar-refractivity contribution in [3.8, 4) is 0 Å². The van der Waals surface area contributed by atoms with E-state index in [1.165, 1.54) is 17.2 Å². The van der Waals surface area contributed by atoms with Crippen molar-refractivity contribution in [3.05, 3.63) is 0 Å². The molecular weight excluding hydrogens is 118 g/mol. The molecule has 0 aromatic rings. The molecule has 0 radical (unpaired) electrons. The Kier molecular flexibility index (Phi) is 1.95.